The molecule has 0 aromatic heterocycles. The number of carbonyl (C=O) groups is 4. The van der Waals surface area contributed by atoms with Gasteiger partial charge in [-0.3, -0.25) is 0 Å². The van der Waals surface area contributed by atoms with Crippen molar-refractivity contribution in [2.75, 3.05) is 52.9 Å². The van der Waals surface area contributed by atoms with Gasteiger partial charge in [-0.05, 0) is 237 Å². The third-order valence-corrected chi connectivity index (χ3v) is 17.6. The third-order valence-electron chi connectivity index (χ3n) is 17.6. The summed E-state index contributed by atoms with van der Waals surface area (Å²) in [4.78, 5) is 46.7. The van der Waals surface area contributed by atoms with E-state index < -0.39 is 70.4 Å². The molecule has 36 N–H and O–H groups in total. The first-order valence-electron chi connectivity index (χ1n) is 36.0. The van der Waals surface area contributed by atoms with Crippen LogP contribution in [-0.2, 0) is 119 Å². The van der Waals surface area contributed by atoms with Gasteiger partial charge in [-0.2, -0.15) is 0 Å². The molecule has 4 heterocycles. The molecule has 0 spiro atoms. The first kappa shape index (κ1) is 125. The molecule has 0 amide bonds. The fourth-order valence-corrected chi connectivity index (χ4v) is 12.1. The van der Waals surface area contributed by atoms with Crippen LogP contribution in [-0.4, -0.2) is 76.7 Å². The molecular weight excluding hydrogens is 1750 g/mol. The number of benzene rings is 12. The van der Waals surface area contributed by atoms with E-state index in [0.717, 1.165) is 52.9 Å². The minimum atomic E-state index is -1.34. The summed E-state index contributed by atoms with van der Waals surface area (Å²) in [7, 11) is 0. The minimum Gasteiger partial charge on any atom is -0.545 e. The van der Waals surface area contributed by atoms with E-state index in [2.05, 4.69) is 0 Å². The average Bonchev–Trinajstić information content (AvgIpc) is 0.996. The Kier molecular flexibility index (Phi) is 64.6. The largest absolute Gasteiger partial charge is 2.00 e. The molecule has 24 nitrogen and oxygen atoms in total. The quantitative estimate of drug-likeness (QED) is 0.0695. The van der Waals surface area contributed by atoms with Crippen molar-refractivity contribution in [2.45, 2.75) is 51.4 Å². The molecule has 682 valence electrons. The summed E-state index contributed by atoms with van der Waals surface area (Å²) < 4.78 is 124. The topological polar surface area (TPSA) is 593 Å². The van der Waals surface area contributed by atoms with E-state index in [1.807, 2.05) is 0 Å². The molecule has 12 aromatic carbocycles. The molecule has 0 bridgehead atoms. The van der Waals surface area contributed by atoms with Gasteiger partial charge in [0.05, 0.1) is 23.9 Å². The van der Waals surface area contributed by atoms with Crippen LogP contribution in [0, 0.1) is 46.5 Å². The summed E-state index contributed by atoms with van der Waals surface area (Å²) in [5, 5.41) is 46.7. The van der Waals surface area contributed by atoms with Gasteiger partial charge < -0.3 is 124 Å². The van der Waals surface area contributed by atoms with Gasteiger partial charge >= 0.3 is 34.1 Å². The Labute approximate surface area is 742 Å². The van der Waals surface area contributed by atoms with E-state index in [-0.39, 0.29) is 122 Å². The summed E-state index contributed by atoms with van der Waals surface area (Å²) in [5.41, 5.74) is 7.86. The maximum Gasteiger partial charge on any atom is 2.00 e. The van der Waals surface area contributed by atoms with Crippen molar-refractivity contribution in [3.05, 3.63) is 336 Å². The predicted molar refractivity (Wildman–Crippen MR) is 465 cm³/mol. The number of carboxylic acid groups (broad SMARTS) is 4. The molecule has 4 aliphatic rings. The Hall–Kier alpha value is -11.6. The van der Waals surface area contributed by atoms with E-state index in [1.165, 1.54) is 245 Å². The number of halogens is 8. The monoisotopic (exact) mass is 1860 g/mol. The van der Waals surface area contributed by atoms with Gasteiger partial charge in [0.1, 0.15) is 46.5 Å². The van der Waals surface area contributed by atoms with Crippen LogP contribution in [0.2, 0.25) is 0 Å². The molecule has 0 aliphatic carbocycles. The number of hydrogen-bond acceptors (Lipinski definition) is 12. The van der Waals surface area contributed by atoms with Gasteiger partial charge in [-0.15, -0.1) is 0 Å². The van der Waals surface area contributed by atoms with Gasteiger partial charge in [0.2, 0.25) is 0 Å². The van der Waals surface area contributed by atoms with E-state index in [9.17, 15) is 74.7 Å². The van der Waals surface area contributed by atoms with Gasteiger partial charge in [-0.1, -0.05) is 170 Å². The second-order valence-corrected chi connectivity index (χ2v) is 25.4. The summed E-state index contributed by atoms with van der Waals surface area (Å²) in [6.45, 7) is 8.00. The summed E-state index contributed by atoms with van der Waals surface area (Å²) in [5.74, 6) is -8.61. The Balaban J connectivity index is -0.000000341. The Bertz CT molecular complexity index is 4120. The number of carboxylic acids is 4. The SMILES string of the molecule is C1CCOC1.C1CCOC1.C1CCOC1.C1CCOC1.O=C([O-])c1c(-c2ccc(F)cc2)cccc1-c1ccc(F)cc1.O=C([O-])c1c(-c2ccc(F)cc2)cccc1-c1ccc(F)cc1.O=C([O-])c1c(-c2ccc(F)cc2)cccc1-c1ccc(F)cc1.O=C([O-])c1c(-c2ccc(F)cc2)cccc1-c1ccc(F)cc1.[Mn+2].[Mn+2].[OH3+].[OH3+].[OH3+].[OH3+].[OH3+].[OH3+].[OH3+].[OH3+].[OH3+].[OH3+].[OH3+].[OH3+]. The van der Waals surface area contributed by atoms with Crippen molar-refractivity contribution in [2.24, 2.45) is 0 Å². The standard InChI is InChI=1S/4C19H12F2O2.4C4H8O.2Mn.12H2O/c4*20-14-8-4-12(5-9-14)16-2-1-3-17(18(16)19(22)23)13-6-10-15(21)11-7-13;4*1-2-4-5-3-1;;;;;;;;;;;;;;/h4*1-11H,(H,22,23);4*1-4H2;;;12*1H2/q;;;;;;;;2*+2;;;;;;;;;;;;/p+8. The molecule has 0 saturated carbocycles. The molecule has 4 aliphatic heterocycles. The molecular formula is C92H112F8Mn2O24+12. The van der Waals surface area contributed by atoms with E-state index in [4.69, 9.17) is 18.9 Å². The Morgan fingerprint density at radius 3 is 0.349 bits per heavy atom. The average molecular weight is 1860 g/mol. The first-order chi connectivity index (χ1) is 54.2. The van der Waals surface area contributed by atoms with Gasteiger partial charge in [0.25, 0.3) is 0 Å². The van der Waals surface area contributed by atoms with Crippen LogP contribution in [0.15, 0.2) is 267 Å². The zero-order chi connectivity index (χ0) is 79.7. The van der Waals surface area contributed by atoms with Crippen LogP contribution in [0.4, 0.5) is 35.1 Å². The van der Waals surface area contributed by atoms with Crippen molar-refractivity contribution < 1.29 is 194 Å². The molecule has 2 radical (unpaired) electrons. The van der Waals surface area contributed by atoms with E-state index >= 15 is 0 Å². The predicted octanol–water partition coefficient (Wildman–Crippen LogP) is 6.77. The van der Waals surface area contributed by atoms with E-state index in [1.54, 1.807) is 72.8 Å². The van der Waals surface area contributed by atoms with Crippen LogP contribution in [0.3, 0.4) is 0 Å². The zero-order valence-corrected chi connectivity index (χ0v) is 70.7. The van der Waals surface area contributed by atoms with Crippen molar-refractivity contribution >= 4 is 23.9 Å². The van der Waals surface area contributed by atoms with Crippen LogP contribution in [0.5, 0.6) is 0 Å². The Morgan fingerprint density at radius 2 is 0.278 bits per heavy atom. The second-order valence-electron chi connectivity index (χ2n) is 25.4. The number of ether oxygens (including phenoxy) is 4. The van der Waals surface area contributed by atoms with Gasteiger partial charge in [-0.25, -0.2) is 35.1 Å². The van der Waals surface area contributed by atoms with Gasteiger partial charge in [0, 0.05) is 75.1 Å². The molecule has 4 fully saturated rings. The summed E-state index contributed by atoms with van der Waals surface area (Å²) >= 11 is 0. The molecule has 34 heteroatoms. The minimum absolute atomic E-state index is 0. The first-order valence-corrected chi connectivity index (χ1v) is 36.0. The number of aromatic carboxylic acids is 4. The summed E-state index contributed by atoms with van der Waals surface area (Å²) in [6.07, 6.45) is 10.2. The number of rotatable bonds is 12. The van der Waals surface area contributed by atoms with Crippen molar-refractivity contribution in [1.82, 2.24) is 0 Å². The van der Waals surface area contributed by atoms with Crippen molar-refractivity contribution in [1.29, 1.82) is 0 Å². The fraction of sp³-hybridized carbons (Fsp3) is 0.174. The molecule has 4 saturated heterocycles. The van der Waals surface area contributed by atoms with Crippen LogP contribution < -0.4 is 20.4 Å². The van der Waals surface area contributed by atoms with E-state index in [0.29, 0.717) is 89.0 Å². The second kappa shape index (κ2) is 65.0. The number of hydrogen-bond donors (Lipinski definition) is 0. The molecule has 126 heavy (non-hydrogen) atoms. The fourth-order valence-electron chi connectivity index (χ4n) is 12.1. The summed E-state index contributed by atoms with van der Waals surface area (Å²) in [6, 6.07) is 64.1. The Morgan fingerprint density at radius 1 is 0.183 bits per heavy atom. The zero-order valence-electron chi connectivity index (χ0n) is 68.3. The van der Waals surface area contributed by atoms with Crippen molar-refractivity contribution in [3.8, 4) is 89.0 Å². The normalized spacial score (nSPS) is 11.5. The number of carbonyl (C=O) groups excluding carboxylic acids is 4. The molecule has 0 atom stereocenters. The third kappa shape index (κ3) is 37.7. The molecule has 0 unspecified atom stereocenters. The molecule has 16 rings (SSSR count). The van der Waals surface area contributed by atoms with Crippen LogP contribution >= 0.6 is 0 Å². The molecule has 12 aromatic rings. The van der Waals surface area contributed by atoms with Crippen LogP contribution in [0.1, 0.15) is 92.8 Å². The smallest absolute Gasteiger partial charge is 0.545 e. The van der Waals surface area contributed by atoms with Crippen LogP contribution in [0.25, 0.3) is 89.0 Å². The maximum atomic E-state index is 13.1. The van der Waals surface area contributed by atoms with Gasteiger partial charge in [0.15, 0.2) is 0 Å². The van der Waals surface area contributed by atoms with Crippen molar-refractivity contribution in [3.63, 3.8) is 0 Å². The maximum absolute atomic E-state index is 13.1.